The highest BCUT2D eigenvalue weighted by Gasteiger charge is 2.26. The summed E-state index contributed by atoms with van der Waals surface area (Å²) in [5, 5.41) is 0.160. The van der Waals surface area contributed by atoms with Crippen LogP contribution in [0, 0.1) is 11.7 Å². The second-order valence-electron chi connectivity index (χ2n) is 4.77. The van der Waals surface area contributed by atoms with E-state index in [9.17, 15) is 9.18 Å². The molecule has 1 aromatic carbocycles. The number of likely N-dealkylation sites (tertiary alicyclic amines) is 1. The van der Waals surface area contributed by atoms with Gasteiger partial charge in [-0.1, -0.05) is 30.7 Å². The maximum absolute atomic E-state index is 13.8. The second kappa shape index (κ2) is 5.81. The van der Waals surface area contributed by atoms with Crippen molar-refractivity contribution >= 4 is 17.4 Å². The van der Waals surface area contributed by atoms with Gasteiger partial charge in [-0.05, 0) is 12.5 Å². The minimum Gasteiger partial charge on any atom is -0.299 e. The van der Waals surface area contributed by atoms with Crippen molar-refractivity contribution in [2.75, 3.05) is 13.1 Å². The number of piperidine rings is 1. The first kappa shape index (κ1) is 13.5. The lowest BCUT2D eigenvalue weighted by atomic mass is 9.94. The van der Waals surface area contributed by atoms with Crippen molar-refractivity contribution in [1.29, 1.82) is 0 Å². The van der Waals surface area contributed by atoms with Gasteiger partial charge in [0.05, 0.1) is 5.02 Å². The monoisotopic (exact) mass is 269 g/mol. The number of carbonyl (C=O) groups is 1. The fourth-order valence-corrected chi connectivity index (χ4v) is 2.58. The molecule has 0 spiro atoms. The van der Waals surface area contributed by atoms with E-state index >= 15 is 0 Å². The lowest BCUT2D eigenvalue weighted by molar-refractivity contribution is -0.126. The Labute approximate surface area is 112 Å². The van der Waals surface area contributed by atoms with Crippen LogP contribution in [0.15, 0.2) is 18.2 Å². The van der Waals surface area contributed by atoms with Crippen molar-refractivity contribution in [1.82, 2.24) is 4.90 Å². The predicted octanol–water partition coefficient (Wildman–Crippen LogP) is 3.28. The fourth-order valence-electron chi connectivity index (χ4n) is 2.39. The summed E-state index contributed by atoms with van der Waals surface area (Å²) in [4.78, 5) is 13.8. The van der Waals surface area contributed by atoms with Crippen molar-refractivity contribution < 1.29 is 9.18 Å². The summed E-state index contributed by atoms with van der Waals surface area (Å²) in [6, 6.07) is 5.06. The third kappa shape index (κ3) is 2.90. The zero-order valence-corrected chi connectivity index (χ0v) is 11.2. The van der Waals surface area contributed by atoms with E-state index in [-0.39, 0.29) is 16.8 Å². The highest BCUT2D eigenvalue weighted by molar-refractivity contribution is 6.30. The molecule has 1 aliphatic rings. The molecular weight excluding hydrogens is 253 g/mol. The van der Waals surface area contributed by atoms with E-state index in [0.29, 0.717) is 30.9 Å². The number of hydrogen-bond donors (Lipinski definition) is 0. The molecule has 0 amide bonds. The first-order valence-corrected chi connectivity index (χ1v) is 6.67. The summed E-state index contributed by atoms with van der Waals surface area (Å²) in [6.45, 7) is 3.98. The van der Waals surface area contributed by atoms with Gasteiger partial charge in [0.15, 0.2) is 0 Å². The van der Waals surface area contributed by atoms with Crippen LogP contribution in [0.4, 0.5) is 4.39 Å². The van der Waals surface area contributed by atoms with Gasteiger partial charge >= 0.3 is 0 Å². The standard InChI is InChI=1S/C14H17ClFNO/c1-2-10-8-17(7-6-13(10)18)9-11-4-3-5-12(15)14(11)16/h3-5,10H,2,6-9H2,1H3. The van der Waals surface area contributed by atoms with Crippen LogP contribution in [0.1, 0.15) is 25.3 Å². The van der Waals surface area contributed by atoms with Crippen LogP contribution in [-0.2, 0) is 11.3 Å². The normalized spacial score (nSPS) is 21.3. The van der Waals surface area contributed by atoms with Gasteiger partial charge in [0.1, 0.15) is 11.6 Å². The molecule has 98 valence electrons. The Morgan fingerprint density at radius 3 is 3.00 bits per heavy atom. The van der Waals surface area contributed by atoms with Gasteiger partial charge in [0, 0.05) is 37.5 Å². The van der Waals surface area contributed by atoms with Gasteiger partial charge < -0.3 is 0 Å². The minimum atomic E-state index is -0.343. The van der Waals surface area contributed by atoms with Crippen LogP contribution < -0.4 is 0 Å². The Hall–Kier alpha value is -0.930. The average molecular weight is 270 g/mol. The second-order valence-corrected chi connectivity index (χ2v) is 5.18. The average Bonchev–Trinajstić information content (AvgIpc) is 2.37. The molecule has 1 heterocycles. The molecule has 2 nitrogen and oxygen atoms in total. The fraction of sp³-hybridized carbons (Fsp3) is 0.500. The van der Waals surface area contributed by atoms with E-state index in [2.05, 4.69) is 4.90 Å². The molecule has 0 bridgehead atoms. The Morgan fingerprint density at radius 1 is 1.50 bits per heavy atom. The lowest BCUT2D eigenvalue weighted by Gasteiger charge is -2.31. The maximum atomic E-state index is 13.8. The lowest BCUT2D eigenvalue weighted by Crippen LogP contribution is -2.40. The van der Waals surface area contributed by atoms with Crippen molar-refractivity contribution in [3.05, 3.63) is 34.6 Å². The number of hydrogen-bond acceptors (Lipinski definition) is 2. The predicted molar refractivity (Wildman–Crippen MR) is 70.1 cm³/mol. The van der Waals surface area contributed by atoms with Crippen molar-refractivity contribution in [2.45, 2.75) is 26.3 Å². The number of rotatable bonds is 3. The van der Waals surface area contributed by atoms with Crippen LogP contribution in [-0.4, -0.2) is 23.8 Å². The van der Waals surface area contributed by atoms with E-state index in [4.69, 9.17) is 11.6 Å². The molecule has 1 aliphatic heterocycles. The summed E-state index contributed by atoms with van der Waals surface area (Å²) in [7, 11) is 0. The van der Waals surface area contributed by atoms with Gasteiger partial charge in [-0.25, -0.2) is 4.39 Å². The first-order chi connectivity index (χ1) is 8.61. The molecular formula is C14H17ClFNO. The van der Waals surface area contributed by atoms with Crippen LogP contribution >= 0.6 is 11.6 Å². The van der Waals surface area contributed by atoms with Gasteiger partial charge in [-0.2, -0.15) is 0 Å². The summed E-state index contributed by atoms with van der Waals surface area (Å²) in [6.07, 6.45) is 1.42. The van der Waals surface area contributed by atoms with Crippen molar-refractivity contribution in [3.63, 3.8) is 0 Å². The highest BCUT2D eigenvalue weighted by Crippen LogP contribution is 2.22. The molecule has 4 heteroatoms. The van der Waals surface area contributed by atoms with Gasteiger partial charge in [0.25, 0.3) is 0 Å². The summed E-state index contributed by atoms with van der Waals surface area (Å²) in [5.74, 6) is 0.0884. The smallest absolute Gasteiger partial charge is 0.146 e. The zero-order valence-electron chi connectivity index (χ0n) is 10.5. The third-order valence-electron chi connectivity index (χ3n) is 3.53. The number of halogens is 2. The zero-order chi connectivity index (χ0) is 13.1. The number of Topliss-reactive ketones (excluding diaryl/α,β-unsaturated/α-hetero) is 1. The summed E-state index contributed by atoms with van der Waals surface area (Å²) < 4.78 is 13.8. The van der Waals surface area contributed by atoms with Gasteiger partial charge in [-0.3, -0.25) is 9.69 Å². The van der Waals surface area contributed by atoms with E-state index in [1.807, 2.05) is 6.92 Å². The molecule has 1 fully saturated rings. The Balaban J connectivity index is 2.06. The molecule has 1 atom stereocenters. The molecule has 0 radical (unpaired) electrons. The Bertz CT molecular complexity index is 449. The molecule has 0 saturated carbocycles. The van der Waals surface area contributed by atoms with E-state index in [1.54, 1.807) is 18.2 Å². The number of carbonyl (C=O) groups excluding carboxylic acids is 1. The molecule has 1 saturated heterocycles. The molecule has 0 N–H and O–H groups in total. The van der Waals surface area contributed by atoms with E-state index < -0.39 is 0 Å². The number of ketones is 1. The molecule has 0 aliphatic carbocycles. The van der Waals surface area contributed by atoms with Crippen LogP contribution in [0.25, 0.3) is 0 Å². The maximum Gasteiger partial charge on any atom is 0.146 e. The minimum absolute atomic E-state index is 0.0981. The highest BCUT2D eigenvalue weighted by atomic mass is 35.5. The molecule has 2 rings (SSSR count). The van der Waals surface area contributed by atoms with Crippen molar-refractivity contribution in [2.24, 2.45) is 5.92 Å². The van der Waals surface area contributed by atoms with Crippen LogP contribution in [0.2, 0.25) is 5.02 Å². The molecule has 1 aromatic rings. The third-order valence-corrected chi connectivity index (χ3v) is 3.82. The van der Waals surface area contributed by atoms with Crippen molar-refractivity contribution in [3.8, 4) is 0 Å². The molecule has 0 aromatic heterocycles. The largest absolute Gasteiger partial charge is 0.299 e. The van der Waals surface area contributed by atoms with E-state index in [0.717, 1.165) is 13.0 Å². The quantitative estimate of drug-likeness (QED) is 0.839. The summed E-state index contributed by atoms with van der Waals surface area (Å²) >= 11 is 5.76. The van der Waals surface area contributed by atoms with Gasteiger partial charge in [-0.15, -0.1) is 0 Å². The molecule has 1 unspecified atom stereocenters. The Kier molecular flexibility index (Phi) is 4.36. The van der Waals surface area contributed by atoms with Crippen LogP contribution in [0.3, 0.4) is 0 Å². The first-order valence-electron chi connectivity index (χ1n) is 6.29. The topological polar surface area (TPSA) is 20.3 Å². The van der Waals surface area contributed by atoms with Gasteiger partial charge in [0.2, 0.25) is 0 Å². The summed E-state index contributed by atoms with van der Waals surface area (Å²) in [5.41, 5.74) is 0.603. The Morgan fingerprint density at radius 2 is 2.28 bits per heavy atom. The SMILES string of the molecule is CCC1CN(Cc2cccc(Cl)c2F)CCC1=O. The number of benzene rings is 1. The number of nitrogens with zero attached hydrogens (tertiary/aromatic N) is 1. The van der Waals surface area contributed by atoms with E-state index in [1.165, 1.54) is 0 Å². The molecule has 18 heavy (non-hydrogen) atoms. The van der Waals surface area contributed by atoms with Crippen LogP contribution in [0.5, 0.6) is 0 Å².